The van der Waals surface area contributed by atoms with E-state index in [1.165, 1.54) is 5.56 Å². The Hall–Kier alpha value is -1.09. The molecule has 2 heterocycles. The molecule has 0 radical (unpaired) electrons. The van der Waals surface area contributed by atoms with Crippen LogP contribution >= 0.6 is 0 Å². The molecule has 0 N–H and O–H groups in total. The van der Waals surface area contributed by atoms with Gasteiger partial charge in [0, 0.05) is 12.3 Å². The average Bonchev–Trinajstić information content (AvgIpc) is 2.11. The van der Waals surface area contributed by atoms with Gasteiger partial charge in [-0.05, 0) is 11.0 Å². The molecule has 82 valence electrons. The van der Waals surface area contributed by atoms with Gasteiger partial charge in [0.05, 0.1) is 13.2 Å². The van der Waals surface area contributed by atoms with Crippen molar-refractivity contribution in [3.8, 4) is 5.88 Å². The Morgan fingerprint density at radius 3 is 2.47 bits per heavy atom. The predicted molar refractivity (Wildman–Crippen MR) is 58.2 cm³/mol. The Morgan fingerprint density at radius 1 is 1.33 bits per heavy atom. The van der Waals surface area contributed by atoms with E-state index in [9.17, 15) is 0 Å². The van der Waals surface area contributed by atoms with Crippen molar-refractivity contribution < 1.29 is 9.47 Å². The van der Waals surface area contributed by atoms with E-state index in [1.54, 1.807) is 0 Å². The Bertz CT molecular complexity index is 322. The molecule has 1 aliphatic heterocycles. The summed E-state index contributed by atoms with van der Waals surface area (Å²) >= 11 is 0. The van der Waals surface area contributed by atoms with Crippen molar-refractivity contribution in [3.63, 3.8) is 0 Å². The van der Waals surface area contributed by atoms with Crippen molar-refractivity contribution in [2.75, 3.05) is 13.2 Å². The molecule has 1 aliphatic rings. The third kappa shape index (κ3) is 2.48. The fourth-order valence-corrected chi connectivity index (χ4v) is 1.35. The van der Waals surface area contributed by atoms with E-state index in [4.69, 9.17) is 9.47 Å². The minimum absolute atomic E-state index is 0.144. The van der Waals surface area contributed by atoms with Crippen LogP contribution in [0.2, 0.25) is 0 Å². The minimum atomic E-state index is 0.144. The maximum Gasteiger partial charge on any atom is 0.213 e. The molecule has 0 amide bonds. The van der Waals surface area contributed by atoms with Crippen molar-refractivity contribution in [2.24, 2.45) is 0 Å². The van der Waals surface area contributed by atoms with Crippen molar-refractivity contribution >= 4 is 0 Å². The quantitative estimate of drug-likeness (QED) is 0.744. The molecule has 1 aromatic heterocycles. The summed E-state index contributed by atoms with van der Waals surface area (Å²) < 4.78 is 10.6. The number of hydrogen-bond donors (Lipinski definition) is 0. The molecule has 15 heavy (non-hydrogen) atoms. The molecule has 1 aromatic rings. The summed E-state index contributed by atoms with van der Waals surface area (Å²) in [6.07, 6.45) is 2.08. The standard InChI is InChI=1S/C12H17NO2/c1-12(2,3)9-4-5-11(13-6-9)15-10-7-14-8-10/h4-6,10H,7-8H2,1-3H3. The number of ether oxygens (including phenoxy) is 2. The molecular formula is C12H17NO2. The summed E-state index contributed by atoms with van der Waals surface area (Å²) in [7, 11) is 0. The number of nitrogens with zero attached hydrogens (tertiary/aromatic N) is 1. The van der Waals surface area contributed by atoms with Crippen molar-refractivity contribution in [1.82, 2.24) is 4.98 Å². The highest BCUT2D eigenvalue weighted by atomic mass is 16.6. The van der Waals surface area contributed by atoms with Gasteiger partial charge in [0.1, 0.15) is 6.10 Å². The Labute approximate surface area is 90.4 Å². The maximum atomic E-state index is 5.58. The van der Waals surface area contributed by atoms with E-state index in [2.05, 4.69) is 31.8 Å². The van der Waals surface area contributed by atoms with E-state index in [0.717, 1.165) is 0 Å². The second-order valence-corrected chi connectivity index (χ2v) is 4.91. The normalized spacial score (nSPS) is 17.3. The summed E-state index contributed by atoms with van der Waals surface area (Å²) in [5.74, 6) is 0.691. The monoisotopic (exact) mass is 207 g/mol. The van der Waals surface area contributed by atoms with Crippen LogP contribution in [-0.2, 0) is 10.2 Å². The molecule has 1 saturated heterocycles. The van der Waals surface area contributed by atoms with Gasteiger partial charge < -0.3 is 9.47 Å². The van der Waals surface area contributed by atoms with Crippen LogP contribution in [0.5, 0.6) is 5.88 Å². The first-order valence-corrected chi connectivity index (χ1v) is 5.26. The summed E-state index contributed by atoms with van der Waals surface area (Å²) in [5, 5.41) is 0. The molecular weight excluding hydrogens is 190 g/mol. The van der Waals surface area contributed by atoms with E-state index in [0.29, 0.717) is 19.1 Å². The first kappa shape index (κ1) is 10.4. The van der Waals surface area contributed by atoms with Crippen LogP contribution in [-0.4, -0.2) is 24.3 Å². The lowest BCUT2D eigenvalue weighted by atomic mass is 9.88. The SMILES string of the molecule is CC(C)(C)c1ccc(OC2COC2)nc1. The Balaban J connectivity index is 2.03. The van der Waals surface area contributed by atoms with Crippen molar-refractivity contribution in [2.45, 2.75) is 32.3 Å². The van der Waals surface area contributed by atoms with Crippen LogP contribution in [0.15, 0.2) is 18.3 Å². The van der Waals surface area contributed by atoms with Gasteiger partial charge in [-0.25, -0.2) is 4.98 Å². The third-order valence-corrected chi connectivity index (χ3v) is 2.50. The lowest BCUT2D eigenvalue weighted by Gasteiger charge is -2.26. The fourth-order valence-electron chi connectivity index (χ4n) is 1.35. The van der Waals surface area contributed by atoms with Gasteiger partial charge in [-0.1, -0.05) is 26.8 Å². The second kappa shape index (κ2) is 3.81. The van der Waals surface area contributed by atoms with Gasteiger partial charge in [-0.3, -0.25) is 0 Å². The fraction of sp³-hybridized carbons (Fsp3) is 0.583. The number of aromatic nitrogens is 1. The molecule has 0 aromatic carbocycles. The van der Waals surface area contributed by atoms with Gasteiger partial charge in [-0.2, -0.15) is 0 Å². The van der Waals surface area contributed by atoms with Crippen LogP contribution in [0.1, 0.15) is 26.3 Å². The zero-order chi connectivity index (χ0) is 10.9. The number of rotatable bonds is 2. The van der Waals surface area contributed by atoms with Crippen molar-refractivity contribution in [1.29, 1.82) is 0 Å². The van der Waals surface area contributed by atoms with Crippen LogP contribution in [0.3, 0.4) is 0 Å². The third-order valence-electron chi connectivity index (χ3n) is 2.50. The van der Waals surface area contributed by atoms with Gasteiger partial charge in [-0.15, -0.1) is 0 Å². The number of pyridine rings is 1. The Kier molecular flexibility index (Phi) is 2.65. The highest BCUT2D eigenvalue weighted by Crippen LogP contribution is 2.23. The summed E-state index contributed by atoms with van der Waals surface area (Å²) in [5.41, 5.74) is 1.37. The molecule has 0 atom stereocenters. The molecule has 3 heteroatoms. The molecule has 1 fully saturated rings. The molecule has 3 nitrogen and oxygen atoms in total. The highest BCUT2D eigenvalue weighted by Gasteiger charge is 2.21. The largest absolute Gasteiger partial charge is 0.469 e. The molecule has 0 spiro atoms. The van der Waals surface area contributed by atoms with Crippen LogP contribution in [0, 0.1) is 0 Å². The van der Waals surface area contributed by atoms with E-state index in [-0.39, 0.29) is 11.5 Å². The molecule has 0 bridgehead atoms. The first-order valence-electron chi connectivity index (χ1n) is 5.26. The van der Waals surface area contributed by atoms with Crippen molar-refractivity contribution in [3.05, 3.63) is 23.9 Å². The zero-order valence-electron chi connectivity index (χ0n) is 9.49. The topological polar surface area (TPSA) is 31.4 Å². The van der Waals surface area contributed by atoms with Gasteiger partial charge >= 0.3 is 0 Å². The van der Waals surface area contributed by atoms with Gasteiger partial charge in [0.2, 0.25) is 5.88 Å². The molecule has 0 saturated carbocycles. The van der Waals surface area contributed by atoms with Gasteiger partial charge in [0.25, 0.3) is 0 Å². The summed E-state index contributed by atoms with van der Waals surface area (Å²) in [6.45, 7) is 7.88. The average molecular weight is 207 g/mol. The van der Waals surface area contributed by atoms with E-state index in [1.807, 2.05) is 12.3 Å². The highest BCUT2D eigenvalue weighted by molar-refractivity contribution is 5.23. The lowest BCUT2D eigenvalue weighted by molar-refractivity contribution is -0.0813. The smallest absolute Gasteiger partial charge is 0.213 e. The van der Waals surface area contributed by atoms with Gasteiger partial charge in [0.15, 0.2) is 0 Å². The first-order chi connectivity index (χ1) is 7.05. The van der Waals surface area contributed by atoms with E-state index >= 15 is 0 Å². The summed E-state index contributed by atoms with van der Waals surface area (Å²) in [6, 6.07) is 4.00. The predicted octanol–water partition coefficient (Wildman–Crippen LogP) is 2.16. The molecule has 0 aliphatic carbocycles. The summed E-state index contributed by atoms with van der Waals surface area (Å²) in [4.78, 5) is 4.29. The zero-order valence-corrected chi connectivity index (χ0v) is 9.49. The molecule has 0 unspecified atom stereocenters. The number of hydrogen-bond acceptors (Lipinski definition) is 3. The van der Waals surface area contributed by atoms with Crippen LogP contribution in [0.4, 0.5) is 0 Å². The molecule has 2 rings (SSSR count). The van der Waals surface area contributed by atoms with Crippen LogP contribution < -0.4 is 4.74 Å². The second-order valence-electron chi connectivity index (χ2n) is 4.91. The maximum absolute atomic E-state index is 5.58. The Morgan fingerprint density at radius 2 is 2.07 bits per heavy atom. The van der Waals surface area contributed by atoms with E-state index < -0.39 is 0 Å². The lowest BCUT2D eigenvalue weighted by Crippen LogP contribution is -2.38. The minimum Gasteiger partial charge on any atom is -0.469 e. The van der Waals surface area contributed by atoms with Crippen LogP contribution in [0.25, 0.3) is 0 Å².